The number of rotatable bonds is 5. The van der Waals surface area contributed by atoms with Crippen LogP contribution in [0.5, 0.6) is 0 Å². The second kappa shape index (κ2) is 9.01. The van der Waals surface area contributed by atoms with Gasteiger partial charge in [0.05, 0.1) is 11.2 Å². The molecule has 4 heteroatoms. The third-order valence-corrected chi connectivity index (χ3v) is 8.49. The number of hydrogen-bond acceptors (Lipinski definition) is 2. The molecule has 0 amide bonds. The lowest BCUT2D eigenvalue weighted by atomic mass is 9.76. The Morgan fingerprint density at radius 2 is 1.08 bits per heavy atom. The van der Waals surface area contributed by atoms with Crippen LogP contribution in [-0.4, -0.2) is 22.9 Å². The van der Waals surface area contributed by atoms with Crippen molar-refractivity contribution in [1.29, 1.82) is 0 Å². The predicted octanol–water partition coefficient (Wildman–Crippen LogP) is 7.09. The summed E-state index contributed by atoms with van der Waals surface area (Å²) >= 11 is 0. The van der Waals surface area contributed by atoms with Crippen LogP contribution in [0, 0.1) is 6.92 Å². The number of aryl methyl sites for hydroxylation is 1. The molecule has 4 aromatic carbocycles. The Bertz CT molecular complexity index is 1460. The van der Waals surface area contributed by atoms with Gasteiger partial charge in [-0.15, -0.1) is 0 Å². The van der Waals surface area contributed by atoms with Crippen LogP contribution < -0.4 is 5.46 Å². The van der Waals surface area contributed by atoms with Crippen LogP contribution in [-0.2, 0) is 14.8 Å². The minimum absolute atomic E-state index is 0.378. The van der Waals surface area contributed by atoms with Crippen molar-refractivity contribution in [2.75, 3.05) is 0 Å². The molecule has 3 nitrogen and oxygen atoms in total. The van der Waals surface area contributed by atoms with Crippen LogP contribution in [0.1, 0.15) is 49.9 Å². The molecule has 5 aromatic rings. The second-order valence-electron chi connectivity index (χ2n) is 11.4. The zero-order chi connectivity index (χ0) is 26.5. The van der Waals surface area contributed by atoms with Crippen LogP contribution in [0.2, 0.25) is 0 Å². The van der Waals surface area contributed by atoms with E-state index in [4.69, 9.17) is 9.31 Å². The van der Waals surface area contributed by atoms with Crippen molar-refractivity contribution < 1.29 is 9.31 Å². The van der Waals surface area contributed by atoms with Crippen molar-refractivity contribution >= 4 is 23.5 Å². The normalized spacial score (nSPS) is 16.7. The van der Waals surface area contributed by atoms with E-state index in [1.54, 1.807) is 0 Å². The van der Waals surface area contributed by atoms with E-state index in [-0.39, 0.29) is 11.2 Å². The van der Waals surface area contributed by atoms with E-state index >= 15 is 0 Å². The molecule has 0 bridgehead atoms. The largest absolute Gasteiger partial charge is 0.494 e. The second-order valence-corrected chi connectivity index (χ2v) is 11.4. The SMILES string of the molecule is Cc1cn(C(c2ccccc2)(c2ccccc2)c2ccccc2)c2ccc(B3OC(C)(C)C(C)(C)O3)cc12. The molecule has 6 rings (SSSR count). The zero-order valence-corrected chi connectivity index (χ0v) is 22.8. The van der Waals surface area contributed by atoms with Gasteiger partial charge in [-0.2, -0.15) is 0 Å². The van der Waals surface area contributed by atoms with E-state index in [0.29, 0.717) is 0 Å². The molecule has 0 saturated carbocycles. The van der Waals surface area contributed by atoms with Gasteiger partial charge in [0.2, 0.25) is 0 Å². The first-order valence-electron chi connectivity index (χ1n) is 13.4. The predicted molar refractivity (Wildman–Crippen MR) is 157 cm³/mol. The van der Waals surface area contributed by atoms with E-state index in [1.807, 2.05) is 0 Å². The maximum Gasteiger partial charge on any atom is 0.494 e. The van der Waals surface area contributed by atoms with E-state index in [9.17, 15) is 0 Å². The summed E-state index contributed by atoms with van der Waals surface area (Å²) in [6.45, 7) is 10.6. The molecular weight excluding hydrogens is 465 g/mol. The van der Waals surface area contributed by atoms with Gasteiger partial charge >= 0.3 is 7.12 Å². The van der Waals surface area contributed by atoms with E-state index < -0.39 is 12.7 Å². The van der Waals surface area contributed by atoms with Crippen LogP contribution in [0.4, 0.5) is 0 Å². The Kier molecular flexibility index (Phi) is 5.86. The first-order chi connectivity index (χ1) is 18.2. The quantitative estimate of drug-likeness (QED) is 0.190. The van der Waals surface area contributed by atoms with Crippen molar-refractivity contribution in [2.45, 2.75) is 51.4 Å². The highest BCUT2D eigenvalue weighted by Crippen LogP contribution is 2.44. The topological polar surface area (TPSA) is 23.4 Å². The third-order valence-electron chi connectivity index (χ3n) is 8.49. The molecule has 1 aliphatic heterocycles. The first kappa shape index (κ1) is 24.7. The molecule has 0 atom stereocenters. The van der Waals surface area contributed by atoms with Crippen LogP contribution >= 0.6 is 0 Å². The summed E-state index contributed by atoms with van der Waals surface area (Å²) in [6.07, 6.45) is 2.30. The van der Waals surface area contributed by atoms with Crippen LogP contribution in [0.3, 0.4) is 0 Å². The molecule has 0 radical (unpaired) electrons. The molecular formula is C34H34BNO2. The highest BCUT2D eigenvalue weighted by Gasteiger charge is 2.51. The summed E-state index contributed by atoms with van der Waals surface area (Å²) in [4.78, 5) is 0. The average molecular weight is 499 g/mol. The molecule has 1 saturated heterocycles. The highest BCUT2D eigenvalue weighted by atomic mass is 16.7. The molecule has 0 aliphatic carbocycles. The van der Waals surface area contributed by atoms with E-state index in [0.717, 1.165) is 5.46 Å². The minimum atomic E-state index is -0.553. The number of hydrogen-bond donors (Lipinski definition) is 0. The third kappa shape index (κ3) is 3.74. The average Bonchev–Trinajstić information content (AvgIpc) is 3.37. The maximum absolute atomic E-state index is 6.39. The summed E-state index contributed by atoms with van der Waals surface area (Å²) < 4.78 is 15.2. The molecule has 38 heavy (non-hydrogen) atoms. The minimum Gasteiger partial charge on any atom is -0.399 e. The summed E-state index contributed by atoms with van der Waals surface area (Å²) in [6, 6.07) is 39.1. The lowest BCUT2D eigenvalue weighted by molar-refractivity contribution is 0.00578. The van der Waals surface area contributed by atoms with Gasteiger partial charge in [-0.25, -0.2) is 0 Å². The summed E-state index contributed by atoms with van der Waals surface area (Å²) in [5.74, 6) is 0. The van der Waals surface area contributed by atoms with Crippen molar-refractivity contribution in [3.05, 3.63) is 138 Å². The Hall–Kier alpha value is -3.60. The Morgan fingerprint density at radius 1 is 0.632 bits per heavy atom. The van der Waals surface area contributed by atoms with Gasteiger partial charge in [0.25, 0.3) is 0 Å². The standard InChI is InChI=1S/C34H34BNO2/c1-25-24-36(31-22-21-29(23-30(25)31)35-37-32(2,3)33(4,5)38-35)34(26-15-9-6-10-16-26,27-17-11-7-12-18-27)28-19-13-8-14-20-28/h6-24H,1-5H3. The van der Waals surface area contributed by atoms with Crippen molar-refractivity contribution in [2.24, 2.45) is 0 Å². The Morgan fingerprint density at radius 3 is 1.53 bits per heavy atom. The smallest absolute Gasteiger partial charge is 0.399 e. The summed E-state index contributed by atoms with van der Waals surface area (Å²) in [5.41, 5.74) is 5.75. The monoisotopic (exact) mass is 499 g/mol. The molecule has 2 heterocycles. The van der Waals surface area contributed by atoms with Crippen LogP contribution in [0.15, 0.2) is 115 Å². The molecule has 1 aliphatic rings. The lowest BCUT2D eigenvalue weighted by Crippen LogP contribution is -2.41. The van der Waals surface area contributed by atoms with E-state index in [1.165, 1.54) is 33.2 Å². The number of benzene rings is 4. The van der Waals surface area contributed by atoms with Crippen LogP contribution in [0.25, 0.3) is 10.9 Å². The van der Waals surface area contributed by atoms with Gasteiger partial charge < -0.3 is 13.9 Å². The molecule has 1 fully saturated rings. The molecule has 0 unspecified atom stereocenters. The molecule has 0 spiro atoms. The molecule has 190 valence electrons. The van der Waals surface area contributed by atoms with E-state index in [2.05, 4.69) is 155 Å². The van der Waals surface area contributed by atoms with Gasteiger partial charge in [-0.1, -0.05) is 103 Å². The fourth-order valence-corrected chi connectivity index (χ4v) is 5.77. The number of nitrogens with zero attached hydrogens (tertiary/aromatic N) is 1. The van der Waals surface area contributed by atoms with Gasteiger partial charge in [-0.05, 0) is 68.4 Å². The molecule has 1 aromatic heterocycles. The van der Waals surface area contributed by atoms with Gasteiger partial charge in [0.1, 0.15) is 5.54 Å². The van der Waals surface area contributed by atoms with Gasteiger partial charge in [0, 0.05) is 17.1 Å². The fraction of sp³-hybridized carbons (Fsp3) is 0.235. The maximum atomic E-state index is 6.39. The van der Waals surface area contributed by atoms with Crippen molar-refractivity contribution in [1.82, 2.24) is 4.57 Å². The fourth-order valence-electron chi connectivity index (χ4n) is 5.77. The Balaban J connectivity index is 1.61. The Labute approximate surface area is 226 Å². The van der Waals surface area contributed by atoms with Gasteiger partial charge in [-0.3, -0.25) is 0 Å². The summed E-state index contributed by atoms with van der Waals surface area (Å²) in [5, 5.41) is 1.20. The first-order valence-corrected chi connectivity index (χ1v) is 13.4. The molecule has 0 N–H and O–H groups in total. The van der Waals surface area contributed by atoms with Crippen molar-refractivity contribution in [3.8, 4) is 0 Å². The number of fused-ring (bicyclic) bond motifs is 1. The number of aromatic nitrogens is 1. The van der Waals surface area contributed by atoms with Crippen molar-refractivity contribution in [3.63, 3.8) is 0 Å². The highest BCUT2D eigenvalue weighted by molar-refractivity contribution is 6.62. The lowest BCUT2D eigenvalue weighted by Gasteiger charge is -2.38. The van der Waals surface area contributed by atoms with Gasteiger partial charge in [0.15, 0.2) is 0 Å². The summed E-state index contributed by atoms with van der Waals surface area (Å²) in [7, 11) is -0.394. The zero-order valence-electron chi connectivity index (χ0n) is 22.8.